The molecule has 1 aliphatic heterocycles. The molecule has 5 heteroatoms. The van der Waals surface area contributed by atoms with Gasteiger partial charge in [0.05, 0.1) is 0 Å². The van der Waals surface area contributed by atoms with Crippen LogP contribution in [0.4, 0.5) is 5.82 Å². The molecule has 1 aliphatic rings. The third kappa shape index (κ3) is 2.93. The van der Waals surface area contributed by atoms with Crippen molar-refractivity contribution in [2.45, 2.75) is 25.4 Å². The fourth-order valence-corrected chi connectivity index (χ4v) is 1.80. The molecule has 1 aromatic heterocycles. The quantitative estimate of drug-likeness (QED) is 0.807. The zero-order valence-corrected chi connectivity index (χ0v) is 9.54. The Kier molecular flexibility index (Phi) is 3.74. The van der Waals surface area contributed by atoms with Gasteiger partial charge in [-0.15, -0.1) is 0 Å². The van der Waals surface area contributed by atoms with Gasteiger partial charge in [-0.1, -0.05) is 17.7 Å². The van der Waals surface area contributed by atoms with Gasteiger partial charge in [-0.25, -0.2) is 4.98 Å². The first kappa shape index (κ1) is 11.4. The van der Waals surface area contributed by atoms with Crippen LogP contribution in [0.15, 0.2) is 18.2 Å². The number of carbonyl (C=O) groups excluding carboxylic acids is 1. The highest BCUT2D eigenvalue weighted by Gasteiger charge is 2.22. The second kappa shape index (κ2) is 5.27. The Morgan fingerprint density at radius 1 is 1.50 bits per heavy atom. The maximum absolute atomic E-state index is 11.8. The van der Waals surface area contributed by atoms with Crippen LogP contribution in [-0.2, 0) is 9.53 Å². The van der Waals surface area contributed by atoms with E-state index >= 15 is 0 Å². The number of amides is 1. The molecule has 0 aromatic carbocycles. The van der Waals surface area contributed by atoms with Crippen LogP contribution >= 0.6 is 11.6 Å². The molecule has 1 atom stereocenters. The highest BCUT2D eigenvalue weighted by Crippen LogP contribution is 2.15. The van der Waals surface area contributed by atoms with E-state index in [0.29, 0.717) is 17.6 Å². The molecular formula is C11H13ClN2O2. The molecule has 0 saturated carbocycles. The molecule has 0 bridgehead atoms. The van der Waals surface area contributed by atoms with Crippen molar-refractivity contribution < 1.29 is 9.53 Å². The van der Waals surface area contributed by atoms with Crippen molar-refractivity contribution in [2.75, 3.05) is 11.9 Å². The Morgan fingerprint density at radius 2 is 2.38 bits per heavy atom. The molecule has 2 heterocycles. The second-order valence-corrected chi connectivity index (χ2v) is 4.08. The van der Waals surface area contributed by atoms with Gasteiger partial charge in [-0.2, -0.15) is 0 Å². The molecule has 1 N–H and O–H groups in total. The molecule has 86 valence electrons. The molecule has 1 fully saturated rings. The minimum absolute atomic E-state index is 0.144. The number of hydrogen-bond acceptors (Lipinski definition) is 3. The van der Waals surface area contributed by atoms with Crippen molar-refractivity contribution in [1.82, 2.24) is 4.98 Å². The zero-order chi connectivity index (χ0) is 11.4. The molecule has 1 aromatic rings. The fourth-order valence-electron chi connectivity index (χ4n) is 1.63. The Labute approximate surface area is 99.0 Å². The minimum atomic E-state index is -0.352. The Morgan fingerprint density at radius 3 is 3.06 bits per heavy atom. The van der Waals surface area contributed by atoms with E-state index in [1.165, 1.54) is 0 Å². The smallest absolute Gasteiger partial charge is 0.254 e. The van der Waals surface area contributed by atoms with Crippen LogP contribution in [0.2, 0.25) is 5.15 Å². The number of pyridine rings is 1. The third-order valence-corrected chi connectivity index (χ3v) is 2.65. The number of aromatic nitrogens is 1. The van der Waals surface area contributed by atoms with Gasteiger partial charge in [-0.3, -0.25) is 4.79 Å². The van der Waals surface area contributed by atoms with Crippen LogP contribution in [0.5, 0.6) is 0 Å². The summed E-state index contributed by atoms with van der Waals surface area (Å²) < 4.78 is 5.37. The summed E-state index contributed by atoms with van der Waals surface area (Å²) in [5.41, 5.74) is 0. The van der Waals surface area contributed by atoms with E-state index in [-0.39, 0.29) is 12.0 Å². The Balaban J connectivity index is 1.96. The first-order valence-electron chi connectivity index (χ1n) is 5.31. The van der Waals surface area contributed by atoms with E-state index in [9.17, 15) is 4.79 Å². The second-order valence-electron chi connectivity index (χ2n) is 3.69. The fraction of sp³-hybridized carbons (Fsp3) is 0.455. The number of halogens is 1. The van der Waals surface area contributed by atoms with E-state index in [0.717, 1.165) is 19.3 Å². The first-order valence-corrected chi connectivity index (χ1v) is 5.68. The predicted octanol–water partition coefficient (Wildman–Crippen LogP) is 2.24. The average Bonchev–Trinajstić information content (AvgIpc) is 2.30. The molecular weight excluding hydrogens is 228 g/mol. The van der Waals surface area contributed by atoms with Gasteiger partial charge in [0, 0.05) is 6.61 Å². The molecule has 16 heavy (non-hydrogen) atoms. The van der Waals surface area contributed by atoms with Crippen molar-refractivity contribution >= 4 is 23.3 Å². The summed E-state index contributed by atoms with van der Waals surface area (Å²) >= 11 is 5.72. The molecule has 0 spiro atoms. The van der Waals surface area contributed by atoms with Crippen molar-refractivity contribution in [2.24, 2.45) is 0 Å². The summed E-state index contributed by atoms with van der Waals surface area (Å²) in [6.45, 7) is 0.654. The van der Waals surface area contributed by atoms with Gasteiger partial charge in [0.25, 0.3) is 5.91 Å². The normalized spacial score (nSPS) is 20.4. The van der Waals surface area contributed by atoms with Gasteiger partial charge in [-0.05, 0) is 31.4 Å². The van der Waals surface area contributed by atoms with Gasteiger partial charge in [0.15, 0.2) is 0 Å². The van der Waals surface area contributed by atoms with E-state index in [2.05, 4.69) is 10.3 Å². The molecule has 4 nitrogen and oxygen atoms in total. The molecule has 0 aliphatic carbocycles. The van der Waals surface area contributed by atoms with Crippen LogP contribution < -0.4 is 5.32 Å². The van der Waals surface area contributed by atoms with Crippen LogP contribution in [-0.4, -0.2) is 23.6 Å². The number of nitrogens with one attached hydrogen (secondary N) is 1. The highest BCUT2D eigenvalue weighted by atomic mass is 35.5. The summed E-state index contributed by atoms with van der Waals surface area (Å²) in [5.74, 6) is 0.321. The van der Waals surface area contributed by atoms with Crippen LogP contribution in [0.3, 0.4) is 0 Å². The maximum Gasteiger partial charge on any atom is 0.254 e. The number of carbonyl (C=O) groups is 1. The lowest BCUT2D eigenvalue weighted by atomic mass is 10.1. The SMILES string of the molecule is O=C(Nc1cccc(Cl)n1)C1CCCCO1. The lowest BCUT2D eigenvalue weighted by molar-refractivity contribution is -0.130. The van der Waals surface area contributed by atoms with Crippen molar-refractivity contribution in [3.05, 3.63) is 23.4 Å². The summed E-state index contributed by atoms with van der Waals surface area (Å²) in [7, 11) is 0. The topological polar surface area (TPSA) is 51.2 Å². The van der Waals surface area contributed by atoms with E-state index in [1.54, 1.807) is 18.2 Å². The van der Waals surface area contributed by atoms with Crippen LogP contribution in [0, 0.1) is 0 Å². The van der Waals surface area contributed by atoms with Crippen LogP contribution in [0.1, 0.15) is 19.3 Å². The van der Waals surface area contributed by atoms with E-state index in [4.69, 9.17) is 16.3 Å². The summed E-state index contributed by atoms with van der Waals surface area (Å²) in [5, 5.41) is 3.06. The van der Waals surface area contributed by atoms with Gasteiger partial charge < -0.3 is 10.1 Å². The van der Waals surface area contributed by atoms with Gasteiger partial charge in [0.2, 0.25) is 0 Å². The highest BCUT2D eigenvalue weighted by molar-refractivity contribution is 6.29. The number of anilines is 1. The maximum atomic E-state index is 11.8. The van der Waals surface area contributed by atoms with Gasteiger partial charge in [0.1, 0.15) is 17.1 Å². The number of rotatable bonds is 2. The van der Waals surface area contributed by atoms with Crippen molar-refractivity contribution in [3.8, 4) is 0 Å². The summed E-state index contributed by atoms with van der Waals surface area (Å²) in [6, 6.07) is 5.10. The monoisotopic (exact) mass is 240 g/mol. The molecule has 1 amide bonds. The molecule has 1 saturated heterocycles. The van der Waals surface area contributed by atoms with Gasteiger partial charge >= 0.3 is 0 Å². The van der Waals surface area contributed by atoms with E-state index in [1.807, 2.05) is 0 Å². The Bertz CT molecular complexity index is 378. The minimum Gasteiger partial charge on any atom is -0.368 e. The van der Waals surface area contributed by atoms with Crippen molar-refractivity contribution in [1.29, 1.82) is 0 Å². The summed E-state index contributed by atoms with van der Waals surface area (Å²) in [4.78, 5) is 15.7. The third-order valence-electron chi connectivity index (χ3n) is 2.44. The summed E-state index contributed by atoms with van der Waals surface area (Å²) in [6.07, 6.45) is 2.47. The number of nitrogens with zero attached hydrogens (tertiary/aromatic N) is 1. The molecule has 0 radical (unpaired) electrons. The number of hydrogen-bond donors (Lipinski definition) is 1. The average molecular weight is 241 g/mol. The first-order chi connectivity index (χ1) is 7.75. The largest absolute Gasteiger partial charge is 0.368 e. The molecule has 1 unspecified atom stereocenters. The predicted molar refractivity (Wildman–Crippen MR) is 61.5 cm³/mol. The molecule has 2 rings (SSSR count). The standard InChI is InChI=1S/C11H13ClN2O2/c12-9-5-3-6-10(13-9)14-11(15)8-4-1-2-7-16-8/h3,5-6,8H,1-2,4,7H2,(H,13,14,15). The van der Waals surface area contributed by atoms with Crippen LogP contribution in [0.25, 0.3) is 0 Å². The lowest BCUT2D eigenvalue weighted by Gasteiger charge is -2.21. The van der Waals surface area contributed by atoms with Crippen molar-refractivity contribution in [3.63, 3.8) is 0 Å². The Hall–Kier alpha value is -1.13. The lowest BCUT2D eigenvalue weighted by Crippen LogP contribution is -2.33. The van der Waals surface area contributed by atoms with E-state index < -0.39 is 0 Å². The number of ether oxygens (including phenoxy) is 1. The zero-order valence-electron chi connectivity index (χ0n) is 8.78.